The van der Waals surface area contributed by atoms with Crippen molar-refractivity contribution < 1.29 is 14.3 Å². The first kappa shape index (κ1) is 29.9. The van der Waals surface area contributed by atoms with Gasteiger partial charge < -0.3 is 25.0 Å². The minimum Gasteiger partial charge on any atom is -0.491 e. The van der Waals surface area contributed by atoms with Crippen LogP contribution in [-0.2, 0) is 16.0 Å². The lowest BCUT2D eigenvalue weighted by Gasteiger charge is -2.32. The molecule has 1 amide bonds. The summed E-state index contributed by atoms with van der Waals surface area (Å²) in [4.78, 5) is 18.9. The number of rotatable bonds is 10. The Hall–Kier alpha value is -4.10. The molecular weight excluding hydrogens is 548 g/mol. The summed E-state index contributed by atoms with van der Waals surface area (Å²) in [7, 11) is 0. The monoisotopic (exact) mass is 592 g/mol. The molecule has 0 spiro atoms. The van der Waals surface area contributed by atoms with E-state index in [2.05, 4.69) is 91.8 Å². The Labute approximate surface area is 261 Å². The third-order valence-corrected chi connectivity index (χ3v) is 9.05. The second kappa shape index (κ2) is 13.3. The van der Waals surface area contributed by atoms with Crippen LogP contribution in [0.15, 0.2) is 66.9 Å². The minimum atomic E-state index is -0.00865. The van der Waals surface area contributed by atoms with E-state index >= 15 is 0 Å². The maximum absolute atomic E-state index is 11.7. The predicted molar refractivity (Wildman–Crippen MR) is 180 cm³/mol. The van der Waals surface area contributed by atoms with E-state index in [4.69, 9.17) is 14.5 Å². The number of amides is 1. The van der Waals surface area contributed by atoms with Gasteiger partial charge in [-0.05, 0) is 89.2 Å². The summed E-state index contributed by atoms with van der Waals surface area (Å²) in [6, 6.07) is 21.8. The largest absolute Gasteiger partial charge is 0.491 e. The van der Waals surface area contributed by atoms with Crippen molar-refractivity contribution in [1.82, 2.24) is 4.98 Å². The molecule has 0 radical (unpaired) electrons. The molecule has 2 unspecified atom stereocenters. The van der Waals surface area contributed by atoms with Crippen LogP contribution in [0.4, 0.5) is 17.1 Å². The van der Waals surface area contributed by atoms with Crippen molar-refractivity contribution >= 4 is 33.9 Å². The number of fused-ring (bicyclic) bond motifs is 2. The van der Waals surface area contributed by atoms with E-state index in [9.17, 15) is 4.79 Å². The number of anilines is 3. The van der Waals surface area contributed by atoms with Crippen molar-refractivity contribution in [2.75, 3.05) is 55.0 Å². The van der Waals surface area contributed by atoms with Crippen LogP contribution >= 0.6 is 0 Å². The fourth-order valence-electron chi connectivity index (χ4n) is 6.24. The highest BCUT2D eigenvalue weighted by Gasteiger charge is 2.20. The number of nitrogens with zero attached hydrogens (tertiary/aromatic N) is 2. The number of carbonyl (C=O) groups is 1. The molecule has 2 N–H and O–H groups in total. The summed E-state index contributed by atoms with van der Waals surface area (Å²) in [5.41, 5.74) is 9.30. The maximum Gasteiger partial charge on any atom is 0.243 e. The van der Waals surface area contributed by atoms with Gasteiger partial charge in [-0.3, -0.25) is 9.78 Å². The highest BCUT2D eigenvalue weighted by molar-refractivity contribution is 6.00. The van der Waals surface area contributed by atoms with E-state index in [1.165, 1.54) is 27.9 Å². The van der Waals surface area contributed by atoms with Crippen molar-refractivity contribution in [3.05, 3.63) is 89.1 Å². The molecule has 230 valence electrons. The smallest absolute Gasteiger partial charge is 0.243 e. The Morgan fingerprint density at radius 2 is 1.73 bits per heavy atom. The fourth-order valence-corrected chi connectivity index (χ4v) is 6.24. The molecular formula is C37H44N4O3. The van der Waals surface area contributed by atoms with E-state index in [1.54, 1.807) is 0 Å². The normalized spacial score (nSPS) is 16.3. The highest BCUT2D eigenvalue weighted by atomic mass is 16.5. The molecule has 3 heterocycles. The molecule has 2 aliphatic rings. The Morgan fingerprint density at radius 3 is 2.55 bits per heavy atom. The van der Waals surface area contributed by atoms with Gasteiger partial charge in [-0.1, -0.05) is 52.0 Å². The zero-order chi connectivity index (χ0) is 30.6. The van der Waals surface area contributed by atoms with E-state index < -0.39 is 0 Å². The number of benzene rings is 3. The molecule has 4 aromatic rings. The van der Waals surface area contributed by atoms with Gasteiger partial charge in [-0.25, -0.2) is 0 Å². The number of aromatic nitrogens is 1. The van der Waals surface area contributed by atoms with Crippen LogP contribution in [0.3, 0.4) is 0 Å². The predicted octanol–water partition coefficient (Wildman–Crippen LogP) is 7.48. The molecule has 6 rings (SSSR count). The minimum absolute atomic E-state index is 0.00865. The van der Waals surface area contributed by atoms with Crippen molar-refractivity contribution in [2.24, 2.45) is 0 Å². The highest BCUT2D eigenvalue weighted by Crippen LogP contribution is 2.35. The molecule has 1 aromatic heterocycles. The van der Waals surface area contributed by atoms with Crippen molar-refractivity contribution in [1.29, 1.82) is 0 Å². The van der Waals surface area contributed by atoms with Crippen LogP contribution in [-0.4, -0.2) is 50.3 Å². The molecule has 1 saturated heterocycles. The molecule has 44 heavy (non-hydrogen) atoms. The second-order valence-corrected chi connectivity index (χ2v) is 12.6. The molecule has 2 aliphatic heterocycles. The zero-order valence-electron chi connectivity index (χ0n) is 26.4. The van der Waals surface area contributed by atoms with Crippen LogP contribution in [0.5, 0.6) is 5.75 Å². The van der Waals surface area contributed by atoms with Gasteiger partial charge in [0.2, 0.25) is 5.91 Å². The summed E-state index contributed by atoms with van der Waals surface area (Å²) in [5, 5.41) is 7.24. The molecule has 0 saturated carbocycles. The molecule has 3 aromatic carbocycles. The van der Waals surface area contributed by atoms with Gasteiger partial charge >= 0.3 is 0 Å². The average molecular weight is 593 g/mol. The van der Waals surface area contributed by atoms with Crippen LogP contribution in [0.2, 0.25) is 0 Å². The first-order valence-electron chi connectivity index (χ1n) is 16.0. The quantitative estimate of drug-likeness (QED) is 0.199. The number of hydrogen-bond acceptors (Lipinski definition) is 6. The molecule has 0 aliphatic carbocycles. The Morgan fingerprint density at radius 1 is 0.909 bits per heavy atom. The number of morpholine rings is 1. The Bertz CT molecular complexity index is 1630. The standard InChI is InChI=1S/C37H44N4O3/c1-24(2)27-7-8-29(34(21-27)41-13-16-43-17-14-41)18-26(4)31-19-30-6-5-12-38-37(30)35(22-31)44-15-11-25(3)28-9-10-32-33(20-28)39-23-36(42)40-32/h5-10,12,19-22,24-26,39H,11,13-18,23H2,1-4H3,(H,40,42). The summed E-state index contributed by atoms with van der Waals surface area (Å²) in [5.74, 6) is 1.92. The molecule has 1 fully saturated rings. The Kier molecular flexibility index (Phi) is 9.03. The molecule has 7 nitrogen and oxygen atoms in total. The molecule has 0 bridgehead atoms. The summed E-state index contributed by atoms with van der Waals surface area (Å²) >= 11 is 0. The average Bonchev–Trinajstić information content (AvgIpc) is 3.04. The van der Waals surface area contributed by atoms with E-state index in [-0.39, 0.29) is 5.91 Å². The van der Waals surface area contributed by atoms with Gasteiger partial charge in [0.15, 0.2) is 0 Å². The van der Waals surface area contributed by atoms with Crippen LogP contribution in [0.1, 0.15) is 74.1 Å². The van der Waals surface area contributed by atoms with Crippen molar-refractivity contribution in [3.8, 4) is 5.75 Å². The van der Waals surface area contributed by atoms with Gasteiger partial charge in [-0.15, -0.1) is 0 Å². The maximum atomic E-state index is 11.7. The third kappa shape index (κ3) is 6.68. The van der Waals surface area contributed by atoms with Gasteiger partial charge in [-0.2, -0.15) is 0 Å². The van der Waals surface area contributed by atoms with Crippen molar-refractivity contribution in [3.63, 3.8) is 0 Å². The Balaban J connectivity index is 1.19. The summed E-state index contributed by atoms with van der Waals surface area (Å²) < 4.78 is 12.1. The topological polar surface area (TPSA) is 75.7 Å². The fraction of sp³-hybridized carbons (Fsp3) is 0.405. The summed E-state index contributed by atoms with van der Waals surface area (Å²) in [6.45, 7) is 13.4. The van der Waals surface area contributed by atoms with E-state index in [0.29, 0.717) is 30.9 Å². The lowest BCUT2D eigenvalue weighted by atomic mass is 9.90. The van der Waals surface area contributed by atoms with Gasteiger partial charge in [0.1, 0.15) is 11.3 Å². The summed E-state index contributed by atoms with van der Waals surface area (Å²) in [6.07, 6.45) is 3.65. The molecule has 7 heteroatoms. The van der Waals surface area contributed by atoms with Crippen LogP contribution in [0.25, 0.3) is 10.9 Å². The van der Waals surface area contributed by atoms with Crippen LogP contribution in [0, 0.1) is 0 Å². The SMILES string of the molecule is CC(C)c1ccc(CC(C)c2cc(OCCC(C)c3ccc4c(c3)NCC(=O)N4)c3ncccc3c2)c(N2CCOCC2)c1. The molecule has 2 atom stereocenters. The lowest BCUT2D eigenvalue weighted by molar-refractivity contribution is -0.114. The number of pyridine rings is 1. The number of hydrogen-bond donors (Lipinski definition) is 2. The zero-order valence-corrected chi connectivity index (χ0v) is 26.4. The van der Waals surface area contributed by atoms with Gasteiger partial charge in [0.25, 0.3) is 0 Å². The van der Waals surface area contributed by atoms with Crippen LogP contribution < -0.4 is 20.3 Å². The first-order chi connectivity index (χ1) is 21.4. The second-order valence-electron chi connectivity index (χ2n) is 12.6. The first-order valence-corrected chi connectivity index (χ1v) is 16.0. The number of nitrogens with one attached hydrogen (secondary N) is 2. The van der Waals surface area contributed by atoms with E-state index in [0.717, 1.165) is 67.2 Å². The third-order valence-electron chi connectivity index (χ3n) is 9.05. The van der Waals surface area contributed by atoms with Gasteiger partial charge in [0.05, 0.1) is 37.7 Å². The van der Waals surface area contributed by atoms with Crippen molar-refractivity contribution in [2.45, 2.75) is 58.3 Å². The lowest BCUT2D eigenvalue weighted by Crippen LogP contribution is -2.37. The number of carbonyl (C=O) groups excluding carboxylic acids is 1. The number of ether oxygens (including phenoxy) is 2. The van der Waals surface area contributed by atoms with Gasteiger partial charge in [0, 0.05) is 30.4 Å². The van der Waals surface area contributed by atoms with E-state index in [1.807, 2.05) is 18.3 Å².